The number of carbonyl (C=O) groups excluding carboxylic acids is 2. The van der Waals surface area contributed by atoms with Crippen LogP contribution in [0.15, 0.2) is 54.7 Å². The fraction of sp³-hybridized carbons (Fsp3) is 0.292. The minimum absolute atomic E-state index is 0.132. The topological polar surface area (TPSA) is 88.1 Å². The number of rotatable bonds is 5. The van der Waals surface area contributed by atoms with Gasteiger partial charge in [0, 0.05) is 24.2 Å². The van der Waals surface area contributed by atoms with Gasteiger partial charge in [0.1, 0.15) is 0 Å². The predicted octanol–water partition coefficient (Wildman–Crippen LogP) is 3.86. The number of anilines is 2. The van der Waals surface area contributed by atoms with E-state index in [1.165, 1.54) is 6.92 Å². The van der Waals surface area contributed by atoms with E-state index in [1.54, 1.807) is 30.5 Å². The van der Waals surface area contributed by atoms with Crippen LogP contribution in [-0.2, 0) is 4.79 Å². The number of aryl methyl sites for hydroxylation is 1. The standard InChI is InChI=1S/C24H27N5O2/c1-16-4-3-5-21(14-16)29-23(18-10-12-25-13-11-18)22(15-26-29)24(31)28-20-8-6-19(7-9-20)27-17(2)30/h3-9,14-15,18,25H,10-13H2,1-2H3,(H,27,30)(H,28,31). The third kappa shape index (κ3) is 4.83. The van der Waals surface area contributed by atoms with E-state index in [4.69, 9.17) is 0 Å². The molecule has 0 atom stereocenters. The van der Waals surface area contributed by atoms with E-state index < -0.39 is 0 Å². The van der Waals surface area contributed by atoms with Crippen molar-refractivity contribution in [2.24, 2.45) is 0 Å². The number of nitrogens with zero attached hydrogens (tertiary/aromatic N) is 2. The molecule has 0 spiro atoms. The first-order valence-electron chi connectivity index (χ1n) is 10.6. The maximum Gasteiger partial charge on any atom is 0.259 e. The van der Waals surface area contributed by atoms with Crippen molar-refractivity contribution in [3.8, 4) is 5.69 Å². The molecule has 7 heteroatoms. The molecule has 3 aromatic rings. The maximum absolute atomic E-state index is 13.2. The number of benzene rings is 2. The molecule has 0 bridgehead atoms. The van der Waals surface area contributed by atoms with Gasteiger partial charge in [0.05, 0.1) is 23.1 Å². The van der Waals surface area contributed by atoms with E-state index in [9.17, 15) is 9.59 Å². The van der Waals surface area contributed by atoms with Crippen LogP contribution in [0.4, 0.5) is 11.4 Å². The van der Waals surface area contributed by atoms with Crippen LogP contribution >= 0.6 is 0 Å². The van der Waals surface area contributed by atoms with Gasteiger partial charge in [-0.15, -0.1) is 0 Å². The highest BCUT2D eigenvalue weighted by Gasteiger charge is 2.27. The lowest BCUT2D eigenvalue weighted by Gasteiger charge is -2.24. The zero-order valence-corrected chi connectivity index (χ0v) is 17.8. The van der Waals surface area contributed by atoms with E-state index in [1.807, 2.05) is 16.8 Å². The monoisotopic (exact) mass is 417 g/mol. The molecule has 3 N–H and O–H groups in total. The summed E-state index contributed by atoms with van der Waals surface area (Å²) in [5.41, 5.74) is 5.02. The Hall–Kier alpha value is -3.45. The first kappa shape index (κ1) is 20.8. The summed E-state index contributed by atoms with van der Waals surface area (Å²) in [7, 11) is 0. The van der Waals surface area contributed by atoms with Crippen molar-refractivity contribution < 1.29 is 9.59 Å². The average molecular weight is 418 g/mol. The molecule has 7 nitrogen and oxygen atoms in total. The lowest BCUT2D eigenvalue weighted by molar-refractivity contribution is -0.114. The molecular weight excluding hydrogens is 390 g/mol. The van der Waals surface area contributed by atoms with E-state index >= 15 is 0 Å². The van der Waals surface area contributed by atoms with Gasteiger partial charge in [-0.3, -0.25) is 9.59 Å². The van der Waals surface area contributed by atoms with Gasteiger partial charge in [0.15, 0.2) is 0 Å². The van der Waals surface area contributed by atoms with Crippen LogP contribution in [0.25, 0.3) is 5.69 Å². The molecule has 0 unspecified atom stereocenters. The zero-order valence-electron chi connectivity index (χ0n) is 17.8. The third-order valence-electron chi connectivity index (χ3n) is 5.49. The predicted molar refractivity (Wildman–Crippen MR) is 122 cm³/mol. The Morgan fingerprint density at radius 1 is 1.03 bits per heavy atom. The lowest BCUT2D eigenvalue weighted by atomic mass is 9.91. The minimum atomic E-state index is -0.181. The van der Waals surface area contributed by atoms with E-state index in [0.717, 1.165) is 42.9 Å². The lowest BCUT2D eigenvalue weighted by Crippen LogP contribution is -2.29. The quantitative estimate of drug-likeness (QED) is 0.588. The number of carbonyl (C=O) groups is 2. The summed E-state index contributed by atoms with van der Waals surface area (Å²) < 4.78 is 1.91. The molecule has 2 heterocycles. The van der Waals surface area contributed by atoms with Crippen molar-refractivity contribution in [3.05, 3.63) is 71.5 Å². The molecular formula is C24H27N5O2. The normalized spacial score (nSPS) is 14.3. The first-order chi connectivity index (χ1) is 15.0. The fourth-order valence-corrected chi connectivity index (χ4v) is 4.03. The van der Waals surface area contributed by atoms with E-state index in [-0.39, 0.29) is 17.7 Å². The van der Waals surface area contributed by atoms with Crippen LogP contribution in [0, 0.1) is 6.92 Å². The number of piperidine rings is 1. The van der Waals surface area contributed by atoms with Gasteiger partial charge >= 0.3 is 0 Å². The van der Waals surface area contributed by atoms with Crippen LogP contribution in [0.2, 0.25) is 0 Å². The Labute approximate surface area is 181 Å². The van der Waals surface area contributed by atoms with Gasteiger partial charge in [0.2, 0.25) is 5.91 Å². The van der Waals surface area contributed by atoms with Gasteiger partial charge in [-0.05, 0) is 74.8 Å². The van der Waals surface area contributed by atoms with Crippen molar-refractivity contribution in [3.63, 3.8) is 0 Å². The number of hydrogen-bond acceptors (Lipinski definition) is 4. The second kappa shape index (κ2) is 9.14. The van der Waals surface area contributed by atoms with Gasteiger partial charge in [-0.25, -0.2) is 4.68 Å². The van der Waals surface area contributed by atoms with Gasteiger partial charge in [-0.1, -0.05) is 12.1 Å². The van der Waals surface area contributed by atoms with Crippen molar-refractivity contribution in [1.29, 1.82) is 0 Å². The molecule has 1 aromatic heterocycles. The maximum atomic E-state index is 13.2. The molecule has 1 fully saturated rings. The minimum Gasteiger partial charge on any atom is -0.326 e. The number of nitrogens with one attached hydrogen (secondary N) is 3. The van der Waals surface area contributed by atoms with Crippen molar-refractivity contribution in [1.82, 2.24) is 15.1 Å². The highest BCUT2D eigenvalue weighted by atomic mass is 16.2. The smallest absolute Gasteiger partial charge is 0.259 e. The molecule has 2 aromatic carbocycles. The third-order valence-corrected chi connectivity index (χ3v) is 5.49. The molecule has 0 saturated carbocycles. The van der Waals surface area contributed by atoms with Crippen LogP contribution in [0.3, 0.4) is 0 Å². The number of aromatic nitrogens is 2. The van der Waals surface area contributed by atoms with Gasteiger partial charge in [-0.2, -0.15) is 5.10 Å². The van der Waals surface area contributed by atoms with Crippen molar-refractivity contribution >= 4 is 23.2 Å². The van der Waals surface area contributed by atoms with Crippen LogP contribution in [0.1, 0.15) is 47.3 Å². The zero-order chi connectivity index (χ0) is 21.8. The molecule has 1 aliphatic rings. The molecule has 160 valence electrons. The molecule has 31 heavy (non-hydrogen) atoms. The van der Waals surface area contributed by atoms with Crippen LogP contribution in [0.5, 0.6) is 0 Å². The Bertz CT molecular complexity index is 1080. The fourth-order valence-electron chi connectivity index (χ4n) is 4.03. The van der Waals surface area contributed by atoms with Crippen LogP contribution in [-0.4, -0.2) is 34.7 Å². The largest absolute Gasteiger partial charge is 0.326 e. The van der Waals surface area contributed by atoms with Crippen molar-refractivity contribution in [2.75, 3.05) is 23.7 Å². The Balaban J connectivity index is 1.64. The molecule has 0 aliphatic carbocycles. The molecule has 0 radical (unpaired) electrons. The summed E-state index contributed by atoms with van der Waals surface area (Å²) in [6.07, 6.45) is 3.59. The van der Waals surface area contributed by atoms with E-state index in [0.29, 0.717) is 16.9 Å². The van der Waals surface area contributed by atoms with Crippen LogP contribution < -0.4 is 16.0 Å². The van der Waals surface area contributed by atoms with Crippen molar-refractivity contribution in [2.45, 2.75) is 32.6 Å². The molecule has 1 aliphatic heterocycles. The second-order valence-electron chi connectivity index (χ2n) is 7.93. The molecule has 2 amide bonds. The SMILES string of the molecule is CC(=O)Nc1ccc(NC(=O)c2cnn(-c3cccc(C)c3)c2C2CCNCC2)cc1. The summed E-state index contributed by atoms with van der Waals surface area (Å²) in [5.74, 6) is -0.0566. The summed E-state index contributed by atoms with van der Waals surface area (Å²) in [6, 6.07) is 15.2. The summed E-state index contributed by atoms with van der Waals surface area (Å²) in [6.45, 7) is 5.37. The molecule has 4 rings (SSSR count). The van der Waals surface area contributed by atoms with Gasteiger partial charge < -0.3 is 16.0 Å². The Morgan fingerprint density at radius 3 is 2.35 bits per heavy atom. The number of hydrogen-bond donors (Lipinski definition) is 3. The first-order valence-corrected chi connectivity index (χ1v) is 10.6. The number of amides is 2. The van der Waals surface area contributed by atoms with Gasteiger partial charge in [0.25, 0.3) is 5.91 Å². The highest BCUT2D eigenvalue weighted by molar-refractivity contribution is 6.05. The highest BCUT2D eigenvalue weighted by Crippen LogP contribution is 2.31. The summed E-state index contributed by atoms with van der Waals surface area (Å²) in [4.78, 5) is 24.4. The summed E-state index contributed by atoms with van der Waals surface area (Å²) in [5, 5.41) is 13.7. The Kier molecular flexibility index (Phi) is 6.13. The second-order valence-corrected chi connectivity index (χ2v) is 7.93. The summed E-state index contributed by atoms with van der Waals surface area (Å²) >= 11 is 0. The molecule has 1 saturated heterocycles. The Morgan fingerprint density at radius 2 is 1.71 bits per heavy atom. The average Bonchev–Trinajstić information content (AvgIpc) is 3.21. The van der Waals surface area contributed by atoms with E-state index in [2.05, 4.69) is 40.1 Å².